The average Bonchev–Trinajstić information content (AvgIpc) is 3.13. The Morgan fingerprint density at radius 2 is 1.93 bits per heavy atom. The fourth-order valence-electron chi connectivity index (χ4n) is 4.65. The molecular weight excluding hydrogens is 352 g/mol. The molecule has 2 aromatic rings. The van der Waals surface area contributed by atoms with Crippen molar-refractivity contribution in [3.63, 3.8) is 0 Å². The van der Waals surface area contributed by atoms with Gasteiger partial charge in [-0.25, -0.2) is 4.79 Å². The zero-order valence-corrected chi connectivity index (χ0v) is 17.1. The first-order chi connectivity index (χ1) is 13.6. The summed E-state index contributed by atoms with van der Waals surface area (Å²) in [5.74, 6) is 0. The number of nitrogens with zero attached hydrogens (tertiary/aromatic N) is 3. The molecule has 0 bridgehead atoms. The van der Waals surface area contributed by atoms with Crippen molar-refractivity contribution in [1.29, 1.82) is 0 Å². The normalized spacial score (nSPS) is 23.9. The van der Waals surface area contributed by atoms with Gasteiger partial charge in [0.15, 0.2) is 0 Å². The molecule has 2 fully saturated rings. The Balaban J connectivity index is 1.28. The number of aryl methyl sites for hydroxylation is 1. The number of benzene rings is 1. The van der Waals surface area contributed by atoms with Crippen LogP contribution in [0.25, 0.3) is 10.9 Å². The second-order valence-corrected chi connectivity index (χ2v) is 8.25. The van der Waals surface area contributed by atoms with Gasteiger partial charge in [0.25, 0.3) is 0 Å². The number of rotatable bonds is 4. The van der Waals surface area contributed by atoms with E-state index >= 15 is 0 Å². The Hall–Kier alpha value is -2.08. The maximum absolute atomic E-state index is 12.7. The number of fused-ring (bicyclic) bond motifs is 1. The van der Waals surface area contributed by atoms with E-state index in [-0.39, 0.29) is 6.03 Å². The number of hydrogen-bond donors (Lipinski definition) is 1. The largest absolute Gasteiger partial charge is 0.379 e. The van der Waals surface area contributed by atoms with Crippen molar-refractivity contribution in [3.8, 4) is 0 Å². The van der Waals surface area contributed by atoms with E-state index in [4.69, 9.17) is 4.74 Å². The van der Waals surface area contributed by atoms with E-state index in [0.717, 1.165) is 58.2 Å². The summed E-state index contributed by atoms with van der Waals surface area (Å²) in [6, 6.07) is 7.24. The van der Waals surface area contributed by atoms with Gasteiger partial charge in [-0.15, -0.1) is 0 Å². The highest BCUT2D eigenvalue weighted by Crippen LogP contribution is 2.27. The Kier molecular flexibility index (Phi) is 5.85. The van der Waals surface area contributed by atoms with Crippen LogP contribution in [0, 0.1) is 6.92 Å². The number of likely N-dealkylation sites (tertiary alicyclic amines) is 1. The third kappa shape index (κ3) is 4.17. The van der Waals surface area contributed by atoms with Gasteiger partial charge in [-0.1, -0.05) is 11.6 Å². The van der Waals surface area contributed by atoms with Crippen molar-refractivity contribution in [2.45, 2.75) is 70.6 Å². The van der Waals surface area contributed by atoms with Gasteiger partial charge in [-0.3, -0.25) is 4.68 Å². The number of urea groups is 1. The van der Waals surface area contributed by atoms with Crippen molar-refractivity contribution in [3.05, 3.63) is 30.0 Å². The number of hydrogen-bond acceptors (Lipinski definition) is 3. The number of nitrogens with one attached hydrogen (secondary N) is 1. The van der Waals surface area contributed by atoms with Crippen molar-refractivity contribution in [2.75, 3.05) is 19.7 Å². The van der Waals surface area contributed by atoms with Crippen LogP contribution < -0.4 is 5.32 Å². The second-order valence-electron chi connectivity index (χ2n) is 8.25. The Morgan fingerprint density at radius 1 is 1.18 bits per heavy atom. The number of carbonyl (C=O) groups is 1. The number of amides is 2. The average molecular weight is 385 g/mol. The highest BCUT2D eigenvalue weighted by molar-refractivity contribution is 5.79. The monoisotopic (exact) mass is 384 g/mol. The standard InChI is InChI=1S/C22H32N4O2/c1-3-28-20-7-5-18(6-8-20)24-22(27)25-12-10-19(11-13-25)26-21-9-4-16(2)14-17(21)15-23-26/h4,9,14-15,18-20H,3,5-8,10-13H2,1-2H3,(H,24,27)/t18-,20-. The first-order valence-corrected chi connectivity index (χ1v) is 10.7. The molecule has 0 atom stereocenters. The van der Waals surface area contributed by atoms with Crippen LogP contribution in [0.5, 0.6) is 0 Å². The van der Waals surface area contributed by atoms with Gasteiger partial charge in [0.2, 0.25) is 0 Å². The molecule has 2 amide bonds. The van der Waals surface area contributed by atoms with Crippen molar-refractivity contribution in [2.24, 2.45) is 0 Å². The molecule has 0 unspecified atom stereocenters. The number of ether oxygens (including phenoxy) is 1. The molecule has 2 heterocycles. The quantitative estimate of drug-likeness (QED) is 0.865. The lowest BCUT2D eigenvalue weighted by Gasteiger charge is -2.35. The molecule has 6 nitrogen and oxygen atoms in total. The summed E-state index contributed by atoms with van der Waals surface area (Å²) in [4.78, 5) is 14.7. The lowest BCUT2D eigenvalue weighted by molar-refractivity contribution is 0.0306. The molecule has 4 rings (SSSR count). The molecule has 2 aliphatic rings. The molecule has 1 aliphatic heterocycles. The van der Waals surface area contributed by atoms with Gasteiger partial charge in [0, 0.05) is 31.1 Å². The number of aromatic nitrogens is 2. The van der Waals surface area contributed by atoms with Crippen LogP contribution >= 0.6 is 0 Å². The molecule has 0 spiro atoms. The van der Waals surface area contributed by atoms with Gasteiger partial charge in [-0.2, -0.15) is 5.10 Å². The smallest absolute Gasteiger partial charge is 0.317 e. The molecule has 28 heavy (non-hydrogen) atoms. The number of carbonyl (C=O) groups excluding carboxylic acids is 1. The Bertz CT molecular complexity index is 802. The molecule has 1 saturated carbocycles. The van der Waals surface area contributed by atoms with E-state index in [2.05, 4.69) is 40.2 Å². The Morgan fingerprint density at radius 3 is 2.64 bits per heavy atom. The van der Waals surface area contributed by atoms with Gasteiger partial charge < -0.3 is 15.0 Å². The lowest BCUT2D eigenvalue weighted by atomic mass is 9.93. The summed E-state index contributed by atoms with van der Waals surface area (Å²) >= 11 is 0. The molecule has 1 N–H and O–H groups in total. The summed E-state index contributed by atoms with van der Waals surface area (Å²) < 4.78 is 7.86. The second kappa shape index (κ2) is 8.52. The van der Waals surface area contributed by atoms with Crippen LogP contribution in [0.4, 0.5) is 4.79 Å². The van der Waals surface area contributed by atoms with Gasteiger partial charge in [0.1, 0.15) is 0 Å². The van der Waals surface area contributed by atoms with Gasteiger partial charge in [0.05, 0.1) is 23.9 Å². The summed E-state index contributed by atoms with van der Waals surface area (Å²) in [5.41, 5.74) is 2.45. The van der Waals surface area contributed by atoms with E-state index in [9.17, 15) is 4.79 Å². The molecule has 1 aliphatic carbocycles. The molecule has 1 saturated heterocycles. The van der Waals surface area contributed by atoms with Crippen LogP contribution in [0.3, 0.4) is 0 Å². The van der Waals surface area contributed by atoms with E-state index in [1.807, 2.05) is 18.0 Å². The van der Waals surface area contributed by atoms with Crippen molar-refractivity contribution >= 4 is 16.9 Å². The lowest BCUT2D eigenvalue weighted by Crippen LogP contribution is -2.49. The molecule has 1 aromatic carbocycles. The van der Waals surface area contributed by atoms with E-state index in [1.165, 1.54) is 16.5 Å². The third-order valence-electron chi connectivity index (χ3n) is 6.25. The van der Waals surface area contributed by atoms with E-state index in [0.29, 0.717) is 18.2 Å². The minimum Gasteiger partial charge on any atom is -0.379 e. The highest BCUT2D eigenvalue weighted by atomic mass is 16.5. The summed E-state index contributed by atoms with van der Waals surface area (Å²) in [6.45, 7) is 6.51. The molecule has 6 heteroatoms. The topological polar surface area (TPSA) is 59.4 Å². The zero-order valence-electron chi connectivity index (χ0n) is 17.1. The molecule has 0 radical (unpaired) electrons. The van der Waals surface area contributed by atoms with Crippen LogP contribution in [0.15, 0.2) is 24.4 Å². The maximum Gasteiger partial charge on any atom is 0.317 e. The van der Waals surface area contributed by atoms with Crippen LogP contribution in [0.2, 0.25) is 0 Å². The number of piperidine rings is 1. The summed E-state index contributed by atoms with van der Waals surface area (Å²) in [6.07, 6.45) is 8.38. The van der Waals surface area contributed by atoms with E-state index < -0.39 is 0 Å². The predicted octanol–water partition coefficient (Wildman–Crippen LogP) is 4.04. The summed E-state index contributed by atoms with van der Waals surface area (Å²) in [7, 11) is 0. The van der Waals surface area contributed by atoms with Crippen molar-refractivity contribution in [1.82, 2.24) is 20.0 Å². The minimum absolute atomic E-state index is 0.0965. The Labute approximate surface area is 167 Å². The van der Waals surface area contributed by atoms with Crippen LogP contribution in [-0.4, -0.2) is 52.6 Å². The van der Waals surface area contributed by atoms with Gasteiger partial charge in [-0.05, 0) is 64.5 Å². The minimum atomic E-state index is 0.0965. The predicted molar refractivity (Wildman–Crippen MR) is 111 cm³/mol. The molecular formula is C22H32N4O2. The van der Waals surface area contributed by atoms with Gasteiger partial charge >= 0.3 is 6.03 Å². The first-order valence-electron chi connectivity index (χ1n) is 10.7. The van der Waals surface area contributed by atoms with Crippen molar-refractivity contribution < 1.29 is 9.53 Å². The maximum atomic E-state index is 12.7. The third-order valence-corrected chi connectivity index (χ3v) is 6.25. The van der Waals surface area contributed by atoms with E-state index in [1.54, 1.807) is 0 Å². The molecule has 1 aromatic heterocycles. The highest BCUT2D eigenvalue weighted by Gasteiger charge is 2.28. The first kappa shape index (κ1) is 19.2. The molecule has 152 valence electrons. The fraction of sp³-hybridized carbons (Fsp3) is 0.636. The summed E-state index contributed by atoms with van der Waals surface area (Å²) in [5, 5.41) is 9.07. The van der Waals surface area contributed by atoms with Crippen LogP contribution in [-0.2, 0) is 4.74 Å². The fourth-order valence-corrected chi connectivity index (χ4v) is 4.65. The SMILES string of the molecule is CCO[C@H]1CC[C@H](NC(=O)N2CCC(n3ncc4cc(C)ccc43)CC2)CC1. The van der Waals surface area contributed by atoms with Crippen LogP contribution in [0.1, 0.15) is 57.1 Å². The zero-order chi connectivity index (χ0) is 19.5.